The normalized spacial score (nSPS) is 12.3. The predicted octanol–water partition coefficient (Wildman–Crippen LogP) is 15.4. The zero-order valence-corrected chi connectivity index (χ0v) is 50.6. The summed E-state index contributed by atoms with van der Waals surface area (Å²) in [5.74, 6) is 1.13. The number of nitriles is 1. The summed E-state index contributed by atoms with van der Waals surface area (Å²) in [5, 5.41) is 13.8. The van der Waals surface area contributed by atoms with Gasteiger partial charge in [-0.3, -0.25) is 4.79 Å². The molecule has 5 heterocycles. The molecule has 1 amide bonds. The van der Waals surface area contributed by atoms with Crippen LogP contribution < -0.4 is 14.8 Å². The molecule has 9 rings (SSSR count). The summed E-state index contributed by atoms with van der Waals surface area (Å²) in [6, 6.07) is 41.8. The molecule has 398 valence electrons. The van der Waals surface area contributed by atoms with Gasteiger partial charge in [0.25, 0.3) is 5.91 Å². The van der Waals surface area contributed by atoms with Crippen molar-refractivity contribution in [2.24, 2.45) is 0 Å². The van der Waals surface area contributed by atoms with Gasteiger partial charge >= 0.3 is 17.6 Å². The Balaban J connectivity index is 0.993. The van der Waals surface area contributed by atoms with Gasteiger partial charge in [0.15, 0.2) is 0 Å². The van der Waals surface area contributed by atoms with Crippen molar-refractivity contribution >= 4 is 108 Å². The fourth-order valence-electron chi connectivity index (χ4n) is 9.83. The fourth-order valence-corrected chi connectivity index (χ4v) is 19.3. The molecule has 5 aromatic heterocycles. The summed E-state index contributed by atoms with van der Waals surface area (Å²) < 4.78 is 44.5. The lowest BCUT2D eigenvalue weighted by molar-refractivity contribution is -0.114. The van der Waals surface area contributed by atoms with Crippen LogP contribution in [-0.4, -0.2) is 75.4 Å². The van der Waals surface area contributed by atoms with Crippen LogP contribution in [0.2, 0.25) is 0 Å². The summed E-state index contributed by atoms with van der Waals surface area (Å²) >= 11 is 7.03. The molecule has 0 aliphatic carbocycles. The number of nitrogens with zero attached hydrogens (tertiary/aromatic N) is 3. The van der Waals surface area contributed by atoms with Gasteiger partial charge in [-0.15, -0.1) is 45.3 Å². The molecule has 11 nitrogen and oxygen atoms in total. The highest BCUT2D eigenvalue weighted by atomic mass is 32.1. The first-order chi connectivity index (χ1) is 37.2. The van der Waals surface area contributed by atoms with Crippen molar-refractivity contribution in [3.8, 4) is 57.3 Å². The van der Waals surface area contributed by atoms with Crippen LogP contribution in [0.5, 0.6) is 11.5 Å². The van der Waals surface area contributed by atoms with Crippen molar-refractivity contribution in [3.05, 3.63) is 148 Å². The molecule has 0 atom stereocenters. The predicted molar refractivity (Wildman–Crippen MR) is 323 cm³/mol. The van der Waals surface area contributed by atoms with Gasteiger partial charge in [-0.1, -0.05) is 36.4 Å². The van der Waals surface area contributed by atoms with Crippen molar-refractivity contribution in [3.63, 3.8) is 0 Å². The molecule has 0 bridgehead atoms. The minimum Gasteiger partial charge on any atom is -0.457 e. The molecule has 77 heavy (non-hydrogen) atoms. The van der Waals surface area contributed by atoms with Gasteiger partial charge in [0.1, 0.15) is 23.1 Å². The van der Waals surface area contributed by atoms with Crippen molar-refractivity contribution in [2.45, 2.75) is 61.9 Å². The van der Waals surface area contributed by atoms with Gasteiger partial charge in [-0.05, 0) is 168 Å². The van der Waals surface area contributed by atoms with Gasteiger partial charge in [-0.2, -0.15) is 5.26 Å². The number of carbonyl (C=O) groups excluding carboxylic acids is 1. The van der Waals surface area contributed by atoms with Crippen LogP contribution in [-0.2, 0) is 37.9 Å². The van der Waals surface area contributed by atoms with Crippen LogP contribution in [0.1, 0.15) is 54.8 Å². The first-order valence-corrected chi connectivity index (χ1v) is 32.5. The third-order valence-electron chi connectivity index (χ3n) is 13.5. The third-order valence-corrected chi connectivity index (χ3v) is 24.5. The molecule has 9 aromatic rings. The van der Waals surface area contributed by atoms with Crippen LogP contribution in [0.15, 0.2) is 121 Å². The zero-order chi connectivity index (χ0) is 54.6. The van der Waals surface area contributed by atoms with Gasteiger partial charge in [0.2, 0.25) is 0 Å². The van der Waals surface area contributed by atoms with Crippen LogP contribution in [0.25, 0.3) is 67.6 Å². The number of para-hydroxylation sites is 1. The Morgan fingerprint density at radius 3 is 1.68 bits per heavy atom. The van der Waals surface area contributed by atoms with E-state index in [0.29, 0.717) is 30.7 Å². The van der Waals surface area contributed by atoms with E-state index in [0.717, 1.165) is 38.2 Å². The molecule has 0 N–H and O–H groups in total. The molecule has 0 fully saturated rings. The number of benzene rings is 4. The lowest BCUT2D eigenvalue weighted by Gasteiger charge is -2.34. The number of carbonyl (C=O) groups is 1. The van der Waals surface area contributed by atoms with E-state index in [4.69, 9.17) is 31.3 Å². The Morgan fingerprint density at radius 2 is 1.13 bits per heavy atom. The van der Waals surface area contributed by atoms with E-state index in [9.17, 15) is 10.1 Å². The van der Waals surface area contributed by atoms with Crippen LogP contribution >= 0.6 is 45.3 Å². The molecule has 4 aromatic carbocycles. The van der Waals surface area contributed by atoms with E-state index >= 15 is 0 Å². The number of thiophene rings is 4. The summed E-state index contributed by atoms with van der Waals surface area (Å²) in [6.07, 6.45) is 1.69. The van der Waals surface area contributed by atoms with Crippen LogP contribution in [0, 0.1) is 39.0 Å². The quantitative estimate of drug-likeness (QED) is 0.0372. The zero-order valence-electron chi connectivity index (χ0n) is 45.3. The number of hydrogen-bond donors (Lipinski definition) is 0. The van der Waals surface area contributed by atoms with E-state index in [1.54, 1.807) is 62.2 Å². The Hall–Kier alpha value is -5.83. The van der Waals surface area contributed by atoms with Crippen molar-refractivity contribution in [1.82, 2.24) is 4.57 Å². The van der Waals surface area contributed by atoms with Gasteiger partial charge < -0.3 is 40.8 Å². The number of amides is 1. The molecular formula is C60H63N3O8S4Si2. The van der Waals surface area contributed by atoms with Gasteiger partial charge in [0, 0.05) is 119 Å². The lowest BCUT2D eigenvalue weighted by Crippen LogP contribution is -2.57. The molecule has 0 saturated carbocycles. The number of aromatic nitrogens is 1. The van der Waals surface area contributed by atoms with Crippen LogP contribution in [0.3, 0.4) is 0 Å². The molecular weight excluding hydrogens is 1080 g/mol. The van der Waals surface area contributed by atoms with Crippen molar-refractivity contribution in [2.75, 3.05) is 52.2 Å². The van der Waals surface area contributed by atoms with E-state index in [1.165, 1.54) is 73.3 Å². The van der Waals surface area contributed by atoms with E-state index in [-0.39, 0.29) is 11.7 Å². The third kappa shape index (κ3) is 11.3. The van der Waals surface area contributed by atoms with E-state index in [1.807, 2.05) is 92.8 Å². The second kappa shape index (κ2) is 24.0. The maximum atomic E-state index is 14.8. The standard InChI is InChI=1S/C60H63N3O8S4Si2/c1-12-62-50-27-21-42(33-48(50)49-35-46(24-28-51(49)62)71-45-19-17-16-18-20-45)53-30-39(6)58(73-53)55-32-41(8)59(75-55)56-31-40(7)57(74-56)54-29-38(5)52(72-54)34-43(36-61)60(64)63(37-76(68-13-2,69-14-3)70-15-4)44-22-25-47(26-23-44)77(65-9,66-10)67-11/h16-35H,12-15,37H2,1-11H3/b43-34+. The molecule has 0 saturated heterocycles. The Labute approximate surface area is 469 Å². The second-order valence-corrected chi connectivity index (χ2v) is 28.1. The molecule has 0 radical (unpaired) electrons. The fraction of sp³-hybridized carbons (Fsp3) is 0.267. The van der Waals surface area contributed by atoms with Gasteiger partial charge in [0.05, 0.1) is 6.17 Å². The number of rotatable bonds is 22. The molecule has 0 spiro atoms. The maximum absolute atomic E-state index is 14.8. The summed E-state index contributed by atoms with van der Waals surface area (Å²) in [5.41, 5.74) is 8.72. The average Bonchev–Trinajstić information content (AvgIpc) is 4.30. The van der Waals surface area contributed by atoms with E-state index < -0.39 is 23.5 Å². The topological polar surface area (TPSA) is 114 Å². The monoisotopic (exact) mass is 1140 g/mol. The smallest absolute Gasteiger partial charge is 0.457 e. The number of fused-ring (bicyclic) bond motifs is 3. The Bertz CT molecular complexity index is 3610. The van der Waals surface area contributed by atoms with Crippen molar-refractivity contribution < 1.29 is 36.1 Å². The van der Waals surface area contributed by atoms with Crippen molar-refractivity contribution in [1.29, 1.82) is 5.26 Å². The lowest BCUT2D eigenvalue weighted by atomic mass is 10.1. The maximum Gasteiger partial charge on any atom is 0.536 e. The second-order valence-electron chi connectivity index (χ2n) is 18.4. The first kappa shape index (κ1) is 55.9. The molecule has 0 unspecified atom stereocenters. The number of aryl methyl sites for hydroxylation is 5. The SMILES string of the molecule is CCO[Si](CN(C(=O)/C(C#N)=C/c1sc(-c2sc(-c3sc(-c4sc(-c5ccc6c(c5)c5cc(Oc7ccccc7)ccc5n6CC)cc4C)cc3C)cc2C)cc1C)c1ccc([Si](OC)(OC)OC)cc1)(OCC)OCC. The Morgan fingerprint density at radius 1 is 0.610 bits per heavy atom. The summed E-state index contributed by atoms with van der Waals surface area (Å²) in [6.45, 7) is 18.2. The summed E-state index contributed by atoms with van der Waals surface area (Å²) in [7, 11) is -2.01. The highest BCUT2D eigenvalue weighted by Crippen LogP contribution is 2.49. The highest BCUT2D eigenvalue weighted by Gasteiger charge is 2.46. The molecule has 0 aliphatic heterocycles. The first-order valence-electron chi connectivity index (χ1n) is 25.6. The average molecular weight is 1140 g/mol. The van der Waals surface area contributed by atoms with E-state index in [2.05, 4.69) is 99.0 Å². The number of ether oxygens (including phenoxy) is 1. The van der Waals surface area contributed by atoms with Gasteiger partial charge in [-0.25, -0.2) is 0 Å². The number of anilines is 1. The Kier molecular flexibility index (Phi) is 17.5. The molecule has 17 heteroatoms. The minimum absolute atomic E-state index is 0.0143. The van der Waals surface area contributed by atoms with Crippen LogP contribution in [0.4, 0.5) is 5.69 Å². The largest absolute Gasteiger partial charge is 0.536 e. The highest BCUT2D eigenvalue weighted by molar-refractivity contribution is 7.29. The number of hydrogen-bond acceptors (Lipinski definition) is 13. The molecule has 0 aliphatic rings. The summed E-state index contributed by atoms with van der Waals surface area (Å²) in [4.78, 5) is 25.6. The minimum atomic E-state index is -3.47.